The first-order valence-corrected chi connectivity index (χ1v) is 16.4. The zero-order valence-electron chi connectivity index (χ0n) is 26.5. The van der Waals surface area contributed by atoms with Gasteiger partial charge in [0, 0.05) is 55.7 Å². The van der Waals surface area contributed by atoms with Gasteiger partial charge in [0.1, 0.15) is 46.7 Å². The van der Waals surface area contributed by atoms with Crippen LogP contribution >= 0.6 is 0 Å². The van der Waals surface area contributed by atoms with E-state index in [1.54, 1.807) is 4.90 Å². The summed E-state index contributed by atoms with van der Waals surface area (Å²) in [5.41, 5.74) is 2.39. The van der Waals surface area contributed by atoms with E-state index >= 15 is 4.39 Å². The summed E-state index contributed by atoms with van der Waals surface area (Å²) in [6.07, 6.45) is -4.63. The van der Waals surface area contributed by atoms with Gasteiger partial charge in [-0.05, 0) is 45.6 Å². The van der Waals surface area contributed by atoms with Gasteiger partial charge in [0.05, 0.1) is 23.9 Å². The number of piperazine rings is 1. The molecular formula is C32H36F6N8O2. The minimum atomic E-state index is -4.89. The van der Waals surface area contributed by atoms with E-state index in [-0.39, 0.29) is 78.3 Å². The van der Waals surface area contributed by atoms with Crippen LogP contribution in [0.1, 0.15) is 50.3 Å². The van der Waals surface area contributed by atoms with Gasteiger partial charge in [0.25, 0.3) is 0 Å². The molecule has 0 spiro atoms. The van der Waals surface area contributed by atoms with Crippen molar-refractivity contribution in [1.82, 2.24) is 30.2 Å². The number of hydrogen-bond donors (Lipinski definition) is 2. The molecule has 1 aliphatic carbocycles. The van der Waals surface area contributed by atoms with Crippen LogP contribution in [0, 0.1) is 18.2 Å². The molecule has 3 N–H and O–H groups in total. The molecule has 0 unspecified atom stereocenters. The number of ether oxygens (including phenoxy) is 2. The zero-order chi connectivity index (χ0) is 33.7. The van der Waals surface area contributed by atoms with Gasteiger partial charge in [-0.25, -0.2) is 23.1 Å². The third kappa shape index (κ3) is 5.44. The quantitative estimate of drug-likeness (QED) is 0.354. The standard InChI is InChI=1S/C32H36F6N8O2/c1-14-23(32(36,37)38)19(8-21(39)40-14)25-24(35)26-22-28(46-11-18-3-4-20(41-18)27(46)15(2)48-29(22)42-25)44-30(43-26)47-13-31(5-6-31)12-45-9-16(33)7-17(34)10-45/h8,15-18,20,27,41H,3-7,9-13H2,1-2H3,(H2,39,40)/t15-,16-,17+,18+,20-,27+/m0/s1. The summed E-state index contributed by atoms with van der Waals surface area (Å²) in [5, 5.41) is 3.75. The highest BCUT2D eigenvalue weighted by Crippen LogP contribution is 2.49. The van der Waals surface area contributed by atoms with E-state index in [4.69, 9.17) is 20.2 Å². The van der Waals surface area contributed by atoms with Crippen LogP contribution in [-0.2, 0) is 6.18 Å². The van der Waals surface area contributed by atoms with Gasteiger partial charge in [0.15, 0.2) is 5.82 Å². The normalized spacial score (nSPS) is 29.4. The number of likely N-dealkylation sites (tertiary alicyclic amines) is 1. The molecule has 16 heteroatoms. The lowest BCUT2D eigenvalue weighted by Gasteiger charge is -2.42. The molecule has 10 nitrogen and oxygen atoms in total. The van der Waals surface area contributed by atoms with Crippen molar-refractivity contribution in [3.05, 3.63) is 23.1 Å². The van der Waals surface area contributed by atoms with Crippen LogP contribution < -0.4 is 25.4 Å². The highest BCUT2D eigenvalue weighted by Gasteiger charge is 2.49. The number of nitrogens with two attached hydrogens (primary N) is 1. The Labute approximate surface area is 272 Å². The molecule has 3 saturated heterocycles. The van der Waals surface area contributed by atoms with Crippen LogP contribution in [0.25, 0.3) is 22.2 Å². The molecule has 6 atom stereocenters. The Kier molecular flexibility index (Phi) is 7.36. The number of halogens is 6. The van der Waals surface area contributed by atoms with Crippen molar-refractivity contribution in [3.8, 4) is 23.1 Å². The number of alkyl halides is 5. The third-order valence-electron chi connectivity index (χ3n) is 10.4. The molecule has 258 valence electrons. The fourth-order valence-electron chi connectivity index (χ4n) is 8.18. The number of aromatic nitrogens is 4. The number of anilines is 2. The van der Waals surface area contributed by atoms with Crippen LogP contribution in [-0.4, -0.2) is 94.2 Å². The second-order valence-electron chi connectivity index (χ2n) is 14.1. The van der Waals surface area contributed by atoms with E-state index in [0.717, 1.165) is 38.7 Å². The minimum Gasteiger partial charge on any atom is -0.472 e. The Bertz CT molecular complexity index is 1760. The van der Waals surface area contributed by atoms with Gasteiger partial charge in [-0.15, -0.1) is 0 Å². The summed E-state index contributed by atoms with van der Waals surface area (Å²) >= 11 is 0. The van der Waals surface area contributed by atoms with Gasteiger partial charge in [0.2, 0.25) is 5.88 Å². The van der Waals surface area contributed by atoms with Crippen LogP contribution in [0.5, 0.6) is 11.9 Å². The van der Waals surface area contributed by atoms with Crippen molar-refractivity contribution in [3.63, 3.8) is 0 Å². The van der Waals surface area contributed by atoms with Crippen molar-refractivity contribution in [2.45, 2.75) is 88.7 Å². The fraction of sp³-hybridized carbons (Fsp3) is 0.625. The Morgan fingerprint density at radius 2 is 1.83 bits per heavy atom. The number of nitrogens with one attached hydrogen (secondary N) is 1. The van der Waals surface area contributed by atoms with Gasteiger partial charge < -0.3 is 25.4 Å². The highest BCUT2D eigenvalue weighted by atomic mass is 19.4. The maximum absolute atomic E-state index is 16.8. The molecule has 0 amide bonds. The van der Waals surface area contributed by atoms with Crippen molar-refractivity contribution < 1.29 is 35.8 Å². The van der Waals surface area contributed by atoms with E-state index in [0.29, 0.717) is 18.9 Å². The lowest BCUT2D eigenvalue weighted by atomic mass is 9.99. The summed E-state index contributed by atoms with van der Waals surface area (Å²) in [6, 6.07) is 0.742. The zero-order valence-corrected chi connectivity index (χ0v) is 26.5. The summed E-state index contributed by atoms with van der Waals surface area (Å²) in [4.78, 5) is 21.2. The summed E-state index contributed by atoms with van der Waals surface area (Å²) in [5.74, 6) is -1.10. The number of pyridine rings is 2. The molecule has 8 rings (SSSR count). The fourth-order valence-corrected chi connectivity index (χ4v) is 8.18. The summed E-state index contributed by atoms with van der Waals surface area (Å²) in [6.45, 7) is 4.38. The first-order chi connectivity index (χ1) is 22.8. The number of nitrogen functional groups attached to an aromatic ring is 1. The first kappa shape index (κ1) is 31.6. The lowest BCUT2D eigenvalue weighted by molar-refractivity contribution is -0.137. The molecule has 4 fully saturated rings. The highest BCUT2D eigenvalue weighted by molar-refractivity contribution is 5.97. The molecule has 1 saturated carbocycles. The Balaban J connectivity index is 1.24. The van der Waals surface area contributed by atoms with E-state index in [2.05, 4.69) is 25.2 Å². The number of hydrogen-bond acceptors (Lipinski definition) is 10. The Morgan fingerprint density at radius 3 is 2.54 bits per heavy atom. The van der Waals surface area contributed by atoms with Crippen molar-refractivity contribution in [2.24, 2.45) is 5.41 Å². The van der Waals surface area contributed by atoms with Crippen LogP contribution in [0.4, 0.5) is 38.0 Å². The SMILES string of the molecule is Cc1nc(N)cc(-c2nc3c4c(nc(OCC5(CN6C[C@H](F)C[C@H](F)C6)CC5)nc4c2F)N2C[C@H]4CC[C@H](N4)[C@H]2[C@H](C)O3)c1C(F)(F)F. The number of fused-ring (bicyclic) bond motifs is 5. The first-order valence-electron chi connectivity index (χ1n) is 16.4. The van der Waals surface area contributed by atoms with Crippen LogP contribution in [0.2, 0.25) is 0 Å². The molecule has 2 bridgehead atoms. The van der Waals surface area contributed by atoms with Gasteiger partial charge in [-0.2, -0.15) is 23.1 Å². The minimum absolute atomic E-state index is 0.0316. The number of aryl methyl sites for hydroxylation is 1. The van der Waals surface area contributed by atoms with Crippen LogP contribution in [0.15, 0.2) is 6.07 Å². The number of piperidine rings is 1. The van der Waals surface area contributed by atoms with E-state index in [9.17, 15) is 22.0 Å². The van der Waals surface area contributed by atoms with Gasteiger partial charge >= 0.3 is 12.2 Å². The second kappa shape index (κ2) is 11.2. The predicted octanol–water partition coefficient (Wildman–Crippen LogP) is 4.77. The van der Waals surface area contributed by atoms with Gasteiger partial charge in [-0.3, -0.25) is 4.90 Å². The van der Waals surface area contributed by atoms with Crippen LogP contribution in [0.3, 0.4) is 0 Å². The van der Waals surface area contributed by atoms with Gasteiger partial charge in [-0.1, -0.05) is 0 Å². The van der Waals surface area contributed by atoms with E-state index in [1.165, 1.54) is 0 Å². The number of rotatable bonds is 6. The molecule has 0 radical (unpaired) electrons. The monoisotopic (exact) mass is 678 g/mol. The van der Waals surface area contributed by atoms with Crippen molar-refractivity contribution >= 4 is 22.5 Å². The summed E-state index contributed by atoms with van der Waals surface area (Å²) in [7, 11) is 0. The Hall–Kier alpha value is -3.66. The average molecular weight is 679 g/mol. The molecule has 3 aromatic heterocycles. The number of nitrogens with zero attached hydrogens (tertiary/aromatic N) is 6. The summed E-state index contributed by atoms with van der Waals surface area (Å²) < 4.78 is 101. The molecule has 0 aromatic carbocycles. The molecule has 5 aliphatic rings. The molecule has 7 heterocycles. The topological polar surface area (TPSA) is 115 Å². The smallest absolute Gasteiger partial charge is 0.418 e. The average Bonchev–Trinajstić information content (AvgIpc) is 3.68. The maximum Gasteiger partial charge on any atom is 0.418 e. The van der Waals surface area contributed by atoms with E-state index in [1.807, 2.05) is 6.92 Å². The lowest BCUT2D eigenvalue weighted by Crippen LogP contribution is -2.62. The molecule has 3 aromatic rings. The second-order valence-corrected chi connectivity index (χ2v) is 14.1. The van der Waals surface area contributed by atoms with Crippen molar-refractivity contribution in [1.29, 1.82) is 0 Å². The molecular weight excluding hydrogens is 642 g/mol. The van der Waals surface area contributed by atoms with Crippen molar-refractivity contribution in [2.75, 3.05) is 43.4 Å². The molecule has 4 aliphatic heterocycles. The third-order valence-corrected chi connectivity index (χ3v) is 10.4. The predicted molar refractivity (Wildman–Crippen MR) is 164 cm³/mol. The maximum atomic E-state index is 16.8. The molecule has 48 heavy (non-hydrogen) atoms. The largest absolute Gasteiger partial charge is 0.472 e. The Morgan fingerprint density at radius 1 is 1.08 bits per heavy atom. The van der Waals surface area contributed by atoms with E-state index < -0.39 is 53.0 Å².